The molecule has 4 nitrogen and oxygen atoms in total. The number of amides is 1. The average Bonchev–Trinajstić information content (AvgIpc) is 3.23. The average molecular weight is 371 g/mol. The van der Waals surface area contributed by atoms with Crippen LogP contribution >= 0.6 is 0 Å². The summed E-state index contributed by atoms with van der Waals surface area (Å²) in [7, 11) is 1.66. The van der Waals surface area contributed by atoms with Crippen molar-refractivity contribution in [3.63, 3.8) is 0 Å². The molecular formula is C20H16F3N3O. The van der Waals surface area contributed by atoms with Crippen LogP contribution in [-0.4, -0.2) is 15.5 Å². The minimum absolute atomic E-state index is 0.311. The van der Waals surface area contributed by atoms with Crippen molar-refractivity contribution in [3.05, 3.63) is 71.5 Å². The molecule has 2 aromatic heterocycles. The Hall–Kier alpha value is -3.22. The van der Waals surface area contributed by atoms with Gasteiger partial charge < -0.3 is 14.9 Å². The SMILES string of the molecule is Cn1c(C(=O)NCc2cccc3[nH]ccc23)cc2cc(C(F)(F)F)ccc21. The van der Waals surface area contributed by atoms with Crippen molar-refractivity contribution in [1.82, 2.24) is 14.9 Å². The Morgan fingerprint density at radius 2 is 1.96 bits per heavy atom. The van der Waals surface area contributed by atoms with Gasteiger partial charge in [-0.2, -0.15) is 13.2 Å². The molecule has 138 valence electrons. The number of benzene rings is 2. The highest BCUT2D eigenvalue weighted by atomic mass is 19.4. The number of fused-ring (bicyclic) bond motifs is 2. The fourth-order valence-electron chi connectivity index (χ4n) is 3.31. The third-order valence-electron chi connectivity index (χ3n) is 4.73. The van der Waals surface area contributed by atoms with Gasteiger partial charge in [-0.15, -0.1) is 0 Å². The minimum Gasteiger partial charge on any atom is -0.361 e. The van der Waals surface area contributed by atoms with Gasteiger partial charge in [-0.25, -0.2) is 0 Å². The number of rotatable bonds is 3. The molecule has 0 spiro atoms. The molecule has 2 N–H and O–H groups in total. The quantitative estimate of drug-likeness (QED) is 0.543. The fraction of sp³-hybridized carbons (Fsp3) is 0.150. The van der Waals surface area contributed by atoms with Gasteiger partial charge in [-0.05, 0) is 42.0 Å². The summed E-state index contributed by atoms with van der Waals surface area (Å²) in [5, 5.41) is 4.25. The largest absolute Gasteiger partial charge is 0.416 e. The van der Waals surface area contributed by atoms with Crippen LogP contribution in [0.4, 0.5) is 13.2 Å². The normalized spacial score (nSPS) is 12.0. The number of nitrogens with one attached hydrogen (secondary N) is 2. The maximum Gasteiger partial charge on any atom is 0.416 e. The number of H-pyrrole nitrogens is 1. The number of aromatic nitrogens is 2. The molecule has 0 atom stereocenters. The maximum absolute atomic E-state index is 12.9. The third kappa shape index (κ3) is 3.05. The summed E-state index contributed by atoms with van der Waals surface area (Å²) in [6.45, 7) is 0.323. The van der Waals surface area contributed by atoms with Crippen LogP contribution in [0.5, 0.6) is 0 Å². The van der Waals surface area contributed by atoms with E-state index in [0.717, 1.165) is 28.6 Å². The molecule has 0 saturated carbocycles. The van der Waals surface area contributed by atoms with Crippen molar-refractivity contribution < 1.29 is 18.0 Å². The molecule has 0 fully saturated rings. The third-order valence-corrected chi connectivity index (χ3v) is 4.73. The van der Waals surface area contributed by atoms with E-state index in [9.17, 15) is 18.0 Å². The van der Waals surface area contributed by atoms with Gasteiger partial charge in [0.25, 0.3) is 5.91 Å². The van der Waals surface area contributed by atoms with Crippen LogP contribution in [0.25, 0.3) is 21.8 Å². The molecule has 4 rings (SSSR count). The number of aromatic amines is 1. The van der Waals surface area contributed by atoms with E-state index in [1.165, 1.54) is 12.1 Å². The summed E-state index contributed by atoms with van der Waals surface area (Å²) in [4.78, 5) is 15.7. The molecule has 0 bridgehead atoms. The van der Waals surface area contributed by atoms with E-state index in [-0.39, 0.29) is 5.91 Å². The molecule has 4 aromatic rings. The standard InChI is InChI=1S/C20H16F3N3O/c1-26-17-6-5-14(20(21,22)23)9-13(17)10-18(26)19(27)25-11-12-3-2-4-16-15(12)7-8-24-16/h2-10,24H,11H2,1H3,(H,25,27). The highest BCUT2D eigenvalue weighted by Gasteiger charge is 2.30. The summed E-state index contributed by atoms with van der Waals surface area (Å²) >= 11 is 0. The lowest BCUT2D eigenvalue weighted by molar-refractivity contribution is -0.137. The minimum atomic E-state index is -4.41. The maximum atomic E-state index is 12.9. The molecule has 27 heavy (non-hydrogen) atoms. The molecule has 1 amide bonds. The number of halogens is 3. The molecule has 0 unspecified atom stereocenters. The zero-order chi connectivity index (χ0) is 19.2. The lowest BCUT2D eigenvalue weighted by Gasteiger charge is -2.08. The first-order chi connectivity index (χ1) is 12.8. The molecule has 0 saturated heterocycles. The lowest BCUT2D eigenvalue weighted by atomic mass is 10.1. The van der Waals surface area contributed by atoms with Crippen LogP contribution in [0.3, 0.4) is 0 Å². The zero-order valence-corrected chi connectivity index (χ0v) is 14.4. The van der Waals surface area contributed by atoms with Gasteiger partial charge in [0.05, 0.1) is 5.56 Å². The predicted molar refractivity (Wildman–Crippen MR) is 97.4 cm³/mol. The topological polar surface area (TPSA) is 49.8 Å². The fourth-order valence-corrected chi connectivity index (χ4v) is 3.31. The van der Waals surface area contributed by atoms with Crippen molar-refractivity contribution in [2.24, 2.45) is 7.05 Å². The summed E-state index contributed by atoms with van der Waals surface area (Å²) < 4.78 is 40.3. The van der Waals surface area contributed by atoms with E-state index in [4.69, 9.17) is 0 Å². The number of carbonyl (C=O) groups excluding carboxylic acids is 1. The summed E-state index contributed by atoms with van der Waals surface area (Å²) in [6, 6.07) is 12.7. The second-order valence-corrected chi connectivity index (χ2v) is 6.40. The smallest absolute Gasteiger partial charge is 0.361 e. The van der Waals surface area contributed by atoms with E-state index in [1.54, 1.807) is 11.6 Å². The summed E-state index contributed by atoms with van der Waals surface area (Å²) in [5.74, 6) is -0.338. The highest BCUT2D eigenvalue weighted by Crippen LogP contribution is 2.32. The number of aryl methyl sites for hydroxylation is 1. The molecule has 0 radical (unpaired) electrons. The van der Waals surface area contributed by atoms with Crippen LogP contribution in [-0.2, 0) is 19.8 Å². The highest BCUT2D eigenvalue weighted by molar-refractivity contribution is 5.99. The molecule has 0 aliphatic rings. The first kappa shape index (κ1) is 17.2. The number of alkyl halides is 3. The Balaban J connectivity index is 1.61. The van der Waals surface area contributed by atoms with Crippen LogP contribution in [0, 0.1) is 0 Å². The summed E-state index contributed by atoms with van der Waals surface area (Å²) in [5.41, 5.74) is 2.09. The molecule has 7 heteroatoms. The number of hydrogen-bond acceptors (Lipinski definition) is 1. The van der Waals surface area contributed by atoms with E-state index >= 15 is 0 Å². The van der Waals surface area contributed by atoms with Gasteiger partial charge in [0.15, 0.2) is 0 Å². The number of carbonyl (C=O) groups is 1. The second-order valence-electron chi connectivity index (χ2n) is 6.40. The number of nitrogens with zero attached hydrogens (tertiary/aromatic N) is 1. The van der Waals surface area contributed by atoms with Gasteiger partial charge in [0, 0.05) is 41.6 Å². The molecule has 2 aromatic carbocycles. The Labute approximate surface area is 152 Å². The van der Waals surface area contributed by atoms with E-state index in [0.29, 0.717) is 23.1 Å². The Morgan fingerprint density at radius 1 is 1.15 bits per heavy atom. The van der Waals surface area contributed by atoms with E-state index in [2.05, 4.69) is 10.3 Å². The van der Waals surface area contributed by atoms with Gasteiger partial charge in [-0.1, -0.05) is 12.1 Å². The molecule has 0 aliphatic carbocycles. The van der Waals surface area contributed by atoms with Gasteiger partial charge in [0.1, 0.15) is 5.69 Å². The molecule has 2 heterocycles. The van der Waals surface area contributed by atoms with Crippen molar-refractivity contribution >= 4 is 27.7 Å². The number of hydrogen-bond donors (Lipinski definition) is 2. The second kappa shape index (κ2) is 6.19. The molecule has 0 aliphatic heterocycles. The monoisotopic (exact) mass is 371 g/mol. The molecular weight excluding hydrogens is 355 g/mol. The zero-order valence-electron chi connectivity index (χ0n) is 14.4. The predicted octanol–water partition coefficient (Wildman–Crippen LogP) is 4.61. The first-order valence-electron chi connectivity index (χ1n) is 8.34. The first-order valence-corrected chi connectivity index (χ1v) is 8.34. The van der Waals surface area contributed by atoms with Crippen LogP contribution < -0.4 is 5.32 Å². The van der Waals surface area contributed by atoms with Crippen molar-refractivity contribution in [1.29, 1.82) is 0 Å². The van der Waals surface area contributed by atoms with Crippen LogP contribution in [0.2, 0.25) is 0 Å². The van der Waals surface area contributed by atoms with Crippen LogP contribution in [0.1, 0.15) is 21.6 Å². The Kier molecular flexibility index (Phi) is 3.95. The van der Waals surface area contributed by atoms with Gasteiger partial charge in [-0.3, -0.25) is 4.79 Å². The van der Waals surface area contributed by atoms with Gasteiger partial charge >= 0.3 is 6.18 Å². The van der Waals surface area contributed by atoms with Crippen molar-refractivity contribution in [2.45, 2.75) is 12.7 Å². The Bertz CT molecular complexity index is 1150. The van der Waals surface area contributed by atoms with Crippen LogP contribution in [0.15, 0.2) is 54.7 Å². The lowest BCUT2D eigenvalue weighted by Crippen LogP contribution is -2.24. The summed E-state index contributed by atoms with van der Waals surface area (Å²) in [6.07, 6.45) is -2.58. The van der Waals surface area contributed by atoms with E-state index < -0.39 is 11.7 Å². The van der Waals surface area contributed by atoms with Gasteiger partial charge in [0.2, 0.25) is 0 Å². The van der Waals surface area contributed by atoms with Crippen molar-refractivity contribution in [2.75, 3.05) is 0 Å². The van der Waals surface area contributed by atoms with E-state index in [1.807, 2.05) is 30.5 Å². The van der Waals surface area contributed by atoms with Crippen molar-refractivity contribution in [3.8, 4) is 0 Å². The Morgan fingerprint density at radius 3 is 2.74 bits per heavy atom.